The summed E-state index contributed by atoms with van der Waals surface area (Å²) < 4.78 is 5.28. The molecule has 78 valence electrons. The molecule has 1 aromatic heterocycles. The zero-order valence-electron chi connectivity index (χ0n) is 8.39. The van der Waals surface area contributed by atoms with Crippen molar-refractivity contribution < 1.29 is 14.6 Å². The summed E-state index contributed by atoms with van der Waals surface area (Å²) in [6.45, 7) is 3.39. The van der Waals surface area contributed by atoms with Crippen molar-refractivity contribution in [3.8, 4) is 18.2 Å². The van der Waals surface area contributed by atoms with Gasteiger partial charge in [-0.25, -0.2) is 14.8 Å². The standard InChI is InChI=1S/C10H10N2O3/c1-4-10(2,3)15-8-6-11-7(5-12-8)9(13)14/h1,5-6H,2-3H3,(H,13,14). The largest absolute Gasteiger partial charge is 0.476 e. The zero-order valence-corrected chi connectivity index (χ0v) is 8.39. The number of hydrogen-bond acceptors (Lipinski definition) is 4. The lowest BCUT2D eigenvalue weighted by Crippen LogP contribution is -2.26. The second kappa shape index (κ2) is 3.96. The van der Waals surface area contributed by atoms with Gasteiger partial charge in [0.2, 0.25) is 5.88 Å². The van der Waals surface area contributed by atoms with Gasteiger partial charge in [0.1, 0.15) is 0 Å². The predicted molar refractivity (Wildman–Crippen MR) is 52.5 cm³/mol. The first-order valence-electron chi connectivity index (χ1n) is 4.17. The van der Waals surface area contributed by atoms with Crippen LogP contribution in [0.1, 0.15) is 24.3 Å². The first kappa shape index (κ1) is 11.0. The number of aromatic nitrogens is 2. The summed E-state index contributed by atoms with van der Waals surface area (Å²) in [5.74, 6) is 1.48. The van der Waals surface area contributed by atoms with Gasteiger partial charge in [-0.05, 0) is 13.8 Å². The maximum Gasteiger partial charge on any atom is 0.356 e. The molecule has 0 unspecified atom stereocenters. The minimum Gasteiger partial charge on any atom is -0.476 e. The summed E-state index contributed by atoms with van der Waals surface area (Å²) in [7, 11) is 0. The van der Waals surface area contributed by atoms with E-state index in [1.165, 1.54) is 6.20 Å². The van der Waals surface area contributed by atoms with E-state index in [2.05, 4.69) is 15.9 Å². The van der Waals surface area contributed by atoms with Crippen molar-refractivity contribution in [3.63, 3.8) is 0 Å². The van der Waals surface area contributed by atoms with E-state index in [1.807, 2.05) is 0 Å². The van der Waals surface area contributed by atoms with Gasteiger partial charge in [0.05, 0.1) is 12.4 Å². The molecule has 0 radical (unpaired) electrons. The minimum absolute atomic E-state index is 0.138. The van der Waals surface area contributed by atoms with Crippen LogP contribution in [0.5, 0.6) is 5.88 Å². The number of terminal acetylenes is 1. The van der Waals surface area contributed by atoms with E-state index in [1.54, 1.807) is 13.8 Å². The van der Waals surface area contributed by atoms with Crippen molar-refractivity contribution in [1.82, 2.24) is 9.97 Å². The third-order valence-corrected chi connectivity index (χ3v) is 1.55. The van der Waals surface area contributed by atoms with E-state index in [4.69, 9.17) is 16.3 Å². The van der Waals surface area contributed by atoms with Gasteiger partial charge in [-0.2, -0.15) is 0 Å². The van der Waals surface area contributed by atoms with Gasteiger partial charge in [0.25, 0.3) is 0 Å². The molecule has 0 aliphatic heterocycles. The van der Waals surface area contributed by atoms with E-state index >= 15 is 0 Å². The van der Waals surface area contributed by atoms with Crippen LogP contribution in [0.25, 0.3) is 0 Å². The van der Waals surface area contributed by atoms with Gasteiger partial charge in [0.15, 0.2) is 11.3 Å². The highest BCUT2D eigenvalue weighted by Gasteiger charge is 2.16. The molecule has 0 aromatic carbocycles. The lowest BCUT2D eigenvalue weighted by molar-refractivity contribution is 0.0689. The molecular weight excluding hydrogens is 196 g/mol. The van der Waals surface area contributed by atoms with Crippen molar-refractivity contribution in [2.45, 2.75) is 19.4 Å². The summed E-state index contributed by atoms with van der Waals surface area (Å²) in [6, 6.07) is 0. The van der Waals surface area contributed by atoms with Gasteiger partial charge in [-0.3, -0.25) is 0 Å². The third kappa shape index (κ3) is 2.95. The number of nitrogens with zero attached hydrogens (tertiary/aromatic N) is 2. The number of carbonyl (C=O) groups is 1. The van der Waals surface area contributed by atoms with Crippen molar-refractivity contribution >= 4 is 5.97 Å². The Balaban J connectivity index is 2.83. The van der Waals surface area contributed by atoms with Crippen LogP contribution >= 0.6 is 0 Å². The Labute approximate surface area is 87.1 Å². The molecule has 0 aliphatic carbocycles. The quantitative estimate of drug-likeness (QED) is 0.746. The molecule has 0 bridgehead atoms. The lowest BCUT2D eigenvalue weighted by atomic mass is 10.1. The van der Waals surface area contributed by atoms with Crippen molar-refractivity contribution in [3.05, 3.63) is 18.1 Å². The lowest BCUT2D eigenvalue weighted by Gasteiger charge is -2.18. The van der Waals surface area contributed by atoms with Gasteiger partial charge in [0, 0.05) is 0 Å². The molecule has 1 heterocycles. The average Bonchev–Trinajstić information content (AvgIpc) is 2.18. The van der Waals surface area contributed by atoms with Gasteiger partial charge in [-0.1, -0.05) is 5.92 Å². The fourth-order valence-corrected chi connectivity index (χ4v) is 0.770. The fourth-order valence-electron chi connectivity index (χ4n) is 0.770. The number of ether oxygens (including phenoxy) is 1. The van der Waals surface area contributed by atoms with Crippen LogP contribution in [0.15, 0.2) is 12.4 Å². The molecule has 0 saturated carbocycles. The monoisotopic (exact) mass is 206 g/mol. The molecule has 0 fully saturated rings. The van der Waals surface area contributed by atoms with Gasteiger partial charge >= 0.3 is 5.97 Å². The second-order valence-corrected chi connectivity index (χ2v) is 3.30. The fraction of sp³-hybridized carbons (Fsp3) is 0.300. The van der Waals surface area contributed by atoms with E-state index in [9.17, 15) is 4.79 Å². The van der Waals surface area contributed by atoms with Crippen LogP contribution in [0.3, 0.4) is 0 Å². The normalized spacial score (nSPS) is 10.5. The van der Waals surface area contributed by atoms with Gasteiger partial charge < -0.3 is 9.84 Å². The molecule has 5 nitrogen and oxygen atoms in total. The molecule has 0 atom stereocenters. The maximum absolute atomic E-state index is 10.5. The smallest absolute Gasteiger partial charge is 0.356 e. The molecular formula is C10H10N2O3. The maximum atomic E-state index is 10.5. The molecule has 1 N–H and O–H groups in total. The molecule has 15 heavy (non-hydrogen) atoms. The number of carboxylic acids is 1. The van der Waals surface area contributed by atoms with Crippen molar-refractivity contribution in [1.29, 1.82) is 0 Å². The van der Waals surface area contributed by atoms with E-state index in [0.29, 0.717) is 0 Å². The highest BCUT2D eigenvalue weighted by molar-refractivity contribution is 5.84. The number of aromatic carboxylic acids is 1. The van der Waals surface area contributed by atoms with Crippen molar-refractivity contribution in [2.75, 3.05) is 0 Å². The Hall–Kier alpha value is -2.09. The topological polar surface area (TPSA) is 72.3 Å². The average molecular weight is 206 g/mol. The summed E-state index contributed by atoms with van der Waals surface area (Å²) in [6.07, 6.45) is 7.56. The first-order chi connectivity index (χ1) is 6.94. The Morgan fingerprint density at radius 1 is 1.53 bits per heavy atom. The third-order valence-electron chi connectivity index (χ3n) is 1.55. The zero-order chi connectivity index (χ0) is 11.5. The molecule has 1 aromatic rings. The van der Waals surface area contributed by atoms with Crippen LogP contribution in [-0.4, -0.2) is 26.6 Å². The summed E-state index contributed by atoms with van der Waals surface area (Å²) >= 11 is 0. The second-order valence-electron chi connectivity index (χ2n) is 3.30. The predicted octanol–water partition coefficient (Wildman–Crippen LogP) is 0.965. The van der Waals surface area contributed by atoms with Crippen LogP contribution in [0, 0.1) is 12.3 Å². The van der Waals surface area contributed by atoms with Crippen LogP contribution in [0.2, 0.25) is 0 Å². The molecule has 5 heteroatoms. The highest BCUT2D eigenvalue weighted by Crippen LogP contribution is 2.13. The van der Waals surface area contributed by atoms with E-state index in [0.717, 1.165) is 6.20 Å². The number of hydrogen-bond donors (Lipinski definition) is 1. The van der Waals surface area contributed by atoms with Crippen LogP contribution in [0.4, 0.5) is 0 Å². The van der Waals surface area contributed by atoms with Crippen LogP contribution in [-0.2, 0) is 0 Å². The Bertz CT molecular complexity index is 404. The molecule has 0 saturated heterocycles. The molecule has 0 spiro atoms. The molecule has 0 amide bonds. The van der Waals surface area contributed by atoms with E-state index < -0.39 is 11.6 Å². The molecule has 0 aliphatic rings. The Morgan fingerprint density at radius 2 is 2.20 bits per heavy atom. The Kier molecular flexibility index (Phi) is 2.90. The van der Waals surface area contributed by atoms with E-state index in [-0.39, 0.29) is 11.6 Å². The minimum atomic E-state index is -1.13. The molecule has 1 rings (SSSR count). The van der Waals surface area contributed by atoms with Crippen molar-refractivity contribution in [2.24, 2.45) is 0 Å². The number of carboxylic acid groups (broad SMARTS) is 1. The number of rotatable bonds is 3. The highest BCUT2D eigenvalue weighted by atomic mass is 16.5. The van der Waals surface area contributed by atoms with Gasteiger partial charge in [-0.15, -0.1) is 6.42 Å². The Morgan fingerprint density at radius 3 is 2.60 bits per heavy atom. The summed E-state index contributed by atoms with van der Waals surface area (Å²) in [5, 5.41) is 8.58. The summed E-state index contributed by atoms with van der Waals surface area (Å²) in [5.41, 5.74) is -0.930. The summed E-state index contributed by atoms with van der Waals surface area (Å²) in [4.78, 5) is 17.9. The van der Waals surface area contributed by atoms with Crippen LogP contribution < -0.4 is 4.74 Å². The first-order valence-corrected chi connectivity index (χ1v) is 4.17. The SMILES string of the molecule is C#CC(C)(C)Oc1cnc(C(=O)O)cn1.